The Bertz CT molecular complexity index is 1420. The van der Waals surface area contributed by atoms with Crippen molar-refractivity contribution in [2.45, 2.75) is 90.6 Å². The molecule has 4 heterocycles. The van der Waals surface area contributed by atoms with Crippen molar-refractivity contribution < 1.29 is 30.0 Å². The second-order valence-electron chi connectivity index (χ2n) is 12.2. The van der Waals surface area contributed by atoms with Crippen molar-refractivity contribution >= 4 is 30.6 Å². The molecule has 0 spiro atoms. The fraction of sp³-hybridized carbons (Fsp3) is 0.515. The number of carbonyl (C=O) groups excluding carboxylic acids is 1. The van der Waals surface area contributed by atoms with E-state index in [-0.39, 0.29) is 48.7 Å². The van der Waals surface area contributed by atoms with E-state index in [1.165, 1.54) is 6.08 Å². The highest BCUT2D eigenvalue weighted by atomic mass is 32.1. The molecule has 3 aliphatic heterocycles. The zero-order chi connectivity index (χ0) is 32.3. The summed E-state index contributed by atoms with van der Waals surface area (Å²) >= 11 is 4.44. The molecule has 8 N–H and O–H groups in total. The van der Waals surface area contributed by atoms with E-state index in [0.717, 1.165) is 57.1 Å². The number of thiol groups is 1. The Hall–Kier alpha value is -3.41. The number of hydrogen-bond donors (Lipinski definition) is 9. The van der Waals surface area contributed by atoms with E-state index < -0.39 is 18.1 Å². The van der Waals surface area contributed by atoms with E-state index in [0.29, 0.717) is 24.8 Å². The van der Waals surface area contributed by atoms with E-state index in [2.05, 4.69) is 40.1 Å². The topological polar surface area (TPSA) is 167 Å². The van der Waals surface area contributed by atoms with Gasteiger partial charge in [-0.1, -0.05) is 19.6 Å². The van der Waals surface area contributed by atoms with Crippen LogP contribution in [0, 0.1) is 18.8 Å². The largest absolute Gasteiger partial charge is 0.481 e. The van der Waals surface area contributed by atoms with Crippen molar-refractivity contribution in [2.24, 2.45) is 11.8 Å². The number of allylic oxidation sites excluding steroid dienone is 2. The van der Waals surface area contributed by atoms with Gasteiger partial charge in [0.05, 0.1) is 6.04 Å². The second-order valence-corrected chi connectivity index (χ2v) is 12.7. The summed E-state index contributed by atoms with van der Waals surface area (Å²) in [5.41, 5.74) is 7.91. The zero-order valence-electron chi connectivity index (χ0n) is 25.9. The maximum atomic E-state index is 12.4. The van der Waals surface area contributed by atoms with Crippen LogP contribution in [0.2, 0.25) is 0 Å². The van der Waals surface area contributed by atoms with Crippen LogP contribution in [-0.2, 0) is 22.4 Å². The number of H-pyrrole nitrogens is 1. The molecular formula is C33H46N4O6S. The molecule has 0 bridgehead atoms. The lowest BCUT2D eigenvalue weighted by atomic mass is 9.86. The standard InChI is InChI=1S/C33H46N4O6S/c1-6-20-16(2)26(36-33(20)43)13-24-17(3)21(7-9-30(38)39)27(34-24)15-28-22(8-10-31(40)41)18(4)25(35-28)14-29-23(11-12-44)19(5)32(42)37-29/h6,9,15,19,23-24,26,29,32,34-35,37-39,42,44H,1,7-8,10-14H2,2-5H3,(H,36,43)(H,40,41)/b27-15-/t19-,23-,24?,26-,29?,32?/m1/s1. The molecular weight excluding hydrogens is 580 g/mol. The number of carbonyl (C=O) groups is 2. The smallest absolute Gasteiger partial charge is 0.303 e. The maximum Gasteiger partial charge on any atom is 0.303 e. The number of nitrogens with one attached hydrogen (secondary N) is 4. The molecule has 1 saturated heterocycles. The van der Waals surface area contributed by atoms with Crippen LogP contribution in [0.15, 0.2) is 52.7 Å². The van der Waals surface area contributed by atoms with Crippen molar-refractivity contribution in [3.63, 3.8) is 0 Å². The normalized spacial score (nSPS) is 27.7. The fourth-order valence-electron chi connectivity index (χ4n) is 6.95. The van der Waals surface area contributed by atoms with E-state index in [4.69, 9.17) is 0 Å². The van der Waals surface area contributed by atoms with Gasteiger partial charge in [0.15, 0.2) is 0 Å². The summed E-state index contributed by atoms with van der Waals surface area (Å²) in [6, 6.07) is -0.252. The van der Waals surface area contributed by atoms with Crippen molar-refractivity contribution in [1.82, 2.24) is 20.9 Å². The summed E-state index contributed by atoms with van der Waals surface area (Å²) in [4.78, 5) is 27.6. The Kier molecular flexibility index (Phi) is 10.8. The molecule has 6 atom stereocenters. The Balaban J connectivity index is 1.69. The predicted octanol–water partition coefficient (Wildman–Crippen LogP) is 4.11. The summed E-state index contributed by atoms with van der Waals surface area (Å²) < 4.78 is 0. The molecule has 0 radical (unpaired) electrons. The third-order valence-electron chi connectivity index (χ3n) is 9.67. The molecule has 0 aromatic carbocycles. The minimum Gasteiger partial charge on any atom is -0.481 e. The number of aliphatic carboxylic acids is 1. The molecule has 0 aliphatic carbocycles. The fourth-order valence-corrected chi connectivity index (χ4v) is 7.25. The van der Waals surface area contributed by atoms with Crippen LogP contribution >= 0.6 is 12.6 Å². The third-order valence-corrected chi connectivity index (χ3v) is 9.93. The Morgan fingerprint density at radius 2 is 1.80 bits per heavy atom. The first-order chi connectivity index (χ1) is 20.9. The van der Waals surface area contributed by atoms with E-state index in [1.807, 2.05) is 33.8 Å². The van der Waals surface area contributed by atoms with Crippen molar-refractivity contribution in [1.29, 1.82) is 0 Å². The van der Waals surface area contributed by atoms with Gasteiger partial charge in [-0.25, -0.2) is 0 Å². The molecule has 3 unspecified atom stereocenters. The highest BCUT2D eigenvalue weighted by Crippen LogP contribution is 2.36. The number of aromatic amines is 1. The summed E-state index contributed by atoms with van der Waals surface area (Å²) in [7, 11) is 0. The average Bonchev–Trinajstić information content (AvgIpc) is 3.60. The van der Waals surface area contributed by atoms with E-state index >= 15 is 0 Å². The zero-order valence-corrected chi connectivity index (χ0v) is 26.8. The Morgan fingerprint density at radius 1 is 1.09 bits per heavy atom. The SMILES string of the molecule is C=CC1=C(C)[C@@H](CC2N/C(=C\c3[nH]c(CC4NC(O)[C@H](C)[C@H]4CCS)c(C)c3CCC(=O)O)C(CC=C(O)O)=C2C)NC1=O. The lowest BCUT2D eigenvalue weighted by Gasteiger charge is -2.21. The molecule has 44 heavy (non-hydrogen) atoms. The van der Waals surface area contributed by atoms with Gasteiger partial charge in [0, 0.05) is 53.7 Å². The Morgan fingerprint density at radius 3 is 2.41 bits per heavy atom. The van der Waals surface area contributed by atoms with Gasteiger partial charge in [-0.05, 0) is 98.0 Å². The summed E-state index contributed by atoms with van der Waals surface area (Å²) in [5, 5.41) is 49.0. The first kappa shape index (κ1) is 33.5. The van der Waals surface area contributed by atoms with Gasteiger partial charge in [-0.15, -0.1) is 0 Å². The van der Waals surface area contributed by atoms with Gasteiger partial charge in [0.2, 0.25) is 0 Å². The molecule has 4 rings (SSSR count). The number of aliphatic hydroxyl groups excluding tert-OH is 2. The number of carboxylic acid groups (broad SMARTS) is 1. The number of amides is 1. The van der Waals surface area contributed by atoms with Gasteiger partial charge in [0.1, 0.15) is 6.23 Å². The summed E-state index contributed by atoms with van der Waals surface area (Å²) in [5.74, 6) is -0.724. The van der Waals surface area contributed by atoms with Gasteiger partial charge in [-0.2, -0.15) is 12.6 Å². The van der Waals surface area contributed by atoms with Gasteiger partial charge >= 0.3 is 5.97 Å². The summed E-state index contributed by atoms with van der Waals surface area (Å²) in [6.45, 7) is 11.7. The second kappa shape index (κ2) is 14.1. The molecule has 1 aromatic rings. The number of rotatable bonds is 13. The first-order valence-electron chi connectivity index (χ1n) is 15.2. The lowest BCUT2D eigenvalue weighted by Crippen LogP contribution is -2.36. The van der Waals surface area contributed by atoms with Crippen LogP contribution in [0.1, 0.15) is 69.0 Å². The molecule has 1 amide bonds. The van der Waals surface area contributed by atoms with Crippen molar-refractivity contribution in [2.75, 3.05) is 5.75 Å². The molecule has 1 fully saturated rings. The van der Waals surface area contributed by atoms with Crippen LogP contribution in [0.5, 0.6) is 0 Å². The first-order valence-corrected chi connectivity index (χ1v) is 15.9. The molecule has 3 aliphatic rings. The molecule has 0 saturated carbocycles. The predicted molar refractivity (Wildman–Crippen MR) is 174 cm³/mol. The van der Waals surface area contributed by atoms with Gasteiger partial charge < -0.3 is 36.0 Å². The molecule has 240 valence electrons. The van der Waals surface area contributed by atoms with Crippen LogP contribution in [-0.4, -0.2) is 67.4 Å². The molecule has 11 heteroatoms. The quantitative estimate of drug-likeness (QED) is 0.117. The van der Waals surface area contributed by atoms with Crippen molar-refractivity contribution in [3.05, 3.63) is 75.2 Å². The van der Waals surface area contributed by atoms with Gasteiger partial charge in [0.25, 0.3) is 11.9 Å². The molecule has 10 nitrogen and oxygen atoms in total. The van der Waals surface area contributed by atoms with Crippen LogP contribution in [0.4, 0.5) is 0 Å². The summed E-state index contributed by atoms with van der Waals surface area (Å²) in [6.07, 6.45) is 7.01. The minimum absolute atomic E-state index is 0.0223. The number of hydrogen-bond acceptors (Lipinski definition) is 8. The van der Waals surface area contributed by atoms with Crippen LogP contribution in [0.25, 0.3) is 6.08 Å². The maximum absolute atomic E-state index is 12.4. The third kappa shape index (κ3) is 7.11. The number of aliphatic hydroxyl groups is 3. The lowest BCUT2D eigenvalue weighted by molar-refractivity contribution is -0.137. The van der Waals surface area contributed by atoms with Crippen LogP contribution < -0.4 is 16.0 Å². The highest BCUT2D eigenvalue weighted by molar-refractivity contribution is 7.80. The number of aromatic nitrogens is 1. The number of carboxylic acids is 1. The van der Waals surface area contributed by atoms with Crippen LogP contribution in [0.3, 0.4) is 0 Å². The van der Waals surface area contributed by atoms with Gasteiger partial charge in [-0.3, -0.25) is 14.9 Å². The van der Waals surface area contributed by atoms with Crippen molar-refractivity contribution in [3.8, 4) is 0 Å². The average molecular weight is 627 g/mol. The van der Waals surface area contributed by atoms with E-state index in [9.17, 15) is 30.0 Å². The Labute approximate surface area is 264 Å². The highest BCUT2D eigenvalue weighted by Gasteiger charge is 2.39. The monoisotopic (exact) mass is 626 g/mol. The molecule has 1 aromatic heterocycles. The minimum atomic E-state index is -0.881. The van der Waals surface area contributed by atoms with E-state index in [1.54, 1.807) is 6.08 Å².